The van der Waals surface area contributed by atoms with Gasteiger partial charge in [-0.3, -0.25) is 0 Å². The van der Waals surface area contributed by atoms with Gasteiger partial charge in [-0.05, 0) is 86.8 Å². The summed E-state index contributed by atoms with van der Waals surface area (Å²) in [6.45, 7) is 13.8. The molecule has 52 heavy (non-hydrogen) atoms. The van der Waals surface area contributed by atoms with Crippen molar-refractivity contribution in [1.82, 2.24) is 0 Å². The Morgan fingerprint density at radius 2 is 0.577 bits per heavy atom. The number of rotatable bonds is 6. The molecule has 0 saturated carbocycles. The first kappa shape index (κ1) is 34.8. The highest BCUT2D eigenvalue weighted by Gasteiger charge is 2.53. The van der Waals surface area contributed by atoms with Gasteiger partial charge in [0.25, 0.3) is 0 Å². The summed E-state index contributed by atoms with van der Waals surface area (Å²) in [4.78, 5) is 2.63. The molecule has 0 fully saturated rings. The molecule has 0 atom stereocenters. The maximum Gasteiger partial charge on any atom is 0.0644 e. The first-order chi connectivity index (χ1) is 24.9. The van der Waals surface area contributed by atoms with E-state index in [-0.39, 0.29) is 0 Å². The van der Waals surface area contributed by atoms with Gasteiger partial charge >= 0.3 is 0 Å². The molecule has 7 heteroatoms. The quantitative estimate of drug-likeness (QED) is 0.155. The fourth-order valence-corrected chi connectivity index (χ4v) is 21.7. The second-order valence-electron chi connectivity index (χ2n) is 15.4. The molecule has 0 spiro atoms. The van der Waals surface area contributed by atoms with E-state index in [0.29, 0.717) is 17.8 Å². The number of anilines is 3. The first-order valence-electron chi connectivity index (χ1n) is 18.3. The van der Waals surface area contributed by atoms with Crippen molar-refractivity contribution in [2.45, 2.75) is 59.3 Å². The van der Waals surface area contributed by atoms with Crippen molar-refractivity contribution in [2.75, 3.05) is 4.90 Å². The summed E-state index contributed by atoms with van der Waals surface area (Å²) in [5, 5.41) is 11.3. The summed E-state index contributed by atoms with van der Waals surface area (Å²) in [6, 6.07) is 40.0. The second-order valence-corrected chi connectivity index (χ2v) is 28.4. The SMILES string of the molecule is CC(C)c1cc2c3c(c1)P(=S)(c1ccccc1)c1cc(C(C)C)cc4c1N3c1c(cc(C(C)C)cc1P4(=S)c1ccccc1)P2(=S)c1ccccc1. The minimum absolute atomic E-state index is 0.309. The van der Waals surface area contributed by atoms with Crippen LogP contribution < -0.4 is 52.6 Å². The minimum atomic E-state index is -2.62. The topological polar surface area (TPSA) is 3.24 Å². The lowest BCUT2D eigenvalue weighted by molar-refractivity contribution is 0.867. The smallest absolute Gasteiger partial charge is 0.0644 e. The zero-order valence-electron chi connectivity index (χ0n) is 30.4. The van der Waals surface area contributed by atoms with Crippen LogP contribution in [0.5, 0.6) is 0 Å². The number of benzene rings is 6. The molecule has 0 amide bonds. The highest BCUT2D eigenvalue weighted by molar-refractivity contribution is 8.28. The Morgan fingerprint density at radius 3 is 0.769 bits per heavy atom. The molecule has 0 radical (unpaired) electrons. The van der Waals surface area contributed by atoms with Crippen LogP contribution in [0.15, 0.2) is 127 Å². The van der Waals surface area contributed by atoms with Crippen LogP contribution in [0.3, 0.4) is 0 Å². The van der Waals surface area contributed by atoms with E-state index in [2.05, 4.69) is 174 Å². The Labute approximate surface area is 324 Å². The van der Waals surface area contributed by atoms with E-state index in [1.165, 1.54) is 81.5 Å². The van der Waals surface area contributed by atoms with Crippen molar-refractivity contribution >= 4 is 118 Å². The summed E-state index contributed by atoms with van der Waals surface area (Å²) in [7, 11) is 0. The maximum absolute atomic E-state index is 7.37. The van der Waals surface area contributed by atoms with Gasteiger partial charge in [-0.25, -0.2) is 0 Å². The Hall–Kier alpha value is -2.93. The van der Waals surface area contributed by atoms with Gasteiger partial charge in [0, 0.05) is 49.9 Å². The van der Waals surface area contributed by atoms with Crippen molar-refractivity contribution in [3.05, 3.63) is 144 Å². The normalized spacial score (nSPS) is 22.2. The average Bonchev–Trinajstić information content (AvgIpc) is 3.17. The largest absolute Gasteiger partial charge is 0.306 e. The van der Waals surface area contributed by atoms with Crippen molar-refractivity contribution in [3.63, 3.8) is 0 Å². The highest BCUT2D eigenvalue weighted by Crippen LogP contribution is 2.66. The molecule has 3 aliphatic rings. The zero-order valence-corrected chi connectivity index (χ0v) is 35.5. The van der Waals surface area contributed by atoms with Crippen LogP contribution in [-0.4, -0.2) is 0 Å². The van der Waals surface area contributed by atoms with Crippen LogP contribution in [0, 0.1) is 0 Å². The second kappa shape index (κ2) is 12.3. The number of hydrogen-bond donors (Lipinski definition) is 0. The van der Waals surface area contributed by atoms with Crippen LogP contribution in [0.1, 0.15) is 76.0 Å². The summed E-state index contributed by atoms with van der Waals surface area (Å²) < 4.78 is 0. The maximum atomic E-state index is 7.37. The van der Waals surface area contributed by atoms with Crippen LogP contribution in [-0.2, 0) is 35.4 Å². The van der Waals surface area contributed by atoms with Crippen LogP contribution >= 0.6 is 18.1 Å². The summed E-state index contributed by atoms with van der Waals surface area (Å²) >= 11 is 22.1. The molecule has 3 aliphatic heterocycles. The third-order valence-corrected chi connectivity index (χ3v) is 26.0. The van der Waals surface area contributed by atoms with E-state index in [0.717, 1.165) is 0 Å². The molecule has 0 unspecified atom stereocenters. The van der Waals surface area contributed by atoms with Gasteiger partial charge in [-0.1, -0.05) is 168 Å². The van der Waals surface area contributed by atoms with Crippen molar-refractivity contribution in [3.8, 4) is 0 Å². The molecule has 0 aliphatic carbocycles. The van der Waals surface area contributed by atoms with E-state index in [1.807, 2.05) is 0 Å². The molecule has 0 aromatic heterocycles. The van der Waals surface area contributed by atoms with Gasteiger partial charge in [0.2, 0.25) is 0 Å². The van der Waals surface area contributed by atoms with Crippen LogP contribution in [0.2, 0.25) is 0 Å². The molecule has 3 heterocycles. The monoisotopic (exact) mass is 785 g/mol. The Kier molecular flexibility index (Phi) is 8.23. The number of hydrogen-bond acceptors (Lipinski definition) is 4. The predicted octanol–water partition coefficient (Wildman–Crippen LogP) is 8.73. The van der Waals surface area contributed by atoms with Gasteiger partial charge in [0.15, 0.2) is 0 Å². The van der Waals surface area contributed by atoms with Gasteiger partial charge < -0.3 is 4.90 Å². The molecule has 1 nitrogen and oxygen atoms in total. The molecular formula is C45H42NP3S3. The van der Waals surface area contributed by atoms with Crippen LogP contribution in [0.4, 0.5) is 17.1 Å². The third kappa shape index (κ3) is 4.62. The molecule has 0 N–H and O–H groups in total. The summed E-state index contributed by atoms with van der Waals surface area (Å²) in [5.74, 6) is 0.927. The van der Waals surface area contributed by atoms with Gasteiger partial charge in [-0.2, -0.15) is 0 Å². The zero-order chi connectivity index (χ0) is 36.3. The van der Waals surface area contributed by atoms with Crippen molar-refractivity contribution in [2.24, 2.45) is 0 Å². The minimum Gasteiger partial charge on any atom is -0.306 e. The van der Waals surface area contributed by atoms with Crippen molar-refractivity contribution in [1.29, 1.82) is 0 Å². The molecule has 260 valence electrons. The van der Waals surface area contributed by atoms with Crippen molar-refractivity contribution < 1.29 is 0 Å². The Balaban J connectivity index is 1.59. The standard InChI is InChI=1S/C45H42NP3S3/c1-28(2)31-22-37-43-38(23-31)48(51,35-18-12-8-13-19-35)40-25-33(30(5)6)27-42-45(40)46(43)44-39(47(37,50)34-16-10-7-11-17-34)24-32(29(3)4)26-41(44)49(42,52)36-20-14-9-15-21-36/h7-30H,1-6H3. The van der Waals surface area contributed by atoms with E-state index in [1.54, 1.807) is 0 Å². The van der Waals surface area contributed by atoms with Gasteiger partial charge in [-0.15, -0.1) is 0 Å². The predicted molar refractivity (Wildman–Crippen MR) is 242 cm³/mol. The molecule has 0 saturated heterocycles. The lowest BCUT2D eigenvalue weighted by Gasteiger charge is -2.52. The summed E-state index contributed by atoms with van der Waals surface area (Å²) in [6.07, 6.45) is 0. The van der Waals surface area contributed by atoms with Gasteiger partial charge in [0.05, 0.1) is 17.1 Å². The average molecular weight is 786 g/mol. The Bertz CT molecular complexity index is 2220. The molecule has 9 rings (SSSR count). The molecule has 6 aromatic rings. The molecular weight excluding hydrogens is 744 g/mol. The third-order valence-electron chi connectivity index (χ3n) is 11.3. The fourth-order valence-electron chi connectivity index (χ4n) is 8.48. The Morgan fingerprint density at radius 1 is 0.365 bits per heavy atom. The summed E-state index contributed by atoms with van der Waals surface area (Å²) in [5.41, 5.74) is 7.62. The lowest BCUT2D eigenvalue weighted by Crippen LogP contribution is -2.53. The number of nitrogens with zero attached hydrogens (tertiary/aromatic N) is 1. The fraction of sp³-hybridized carbons (Fsp3) is 0.200. The van der Waals surface area contributed by atoms with E-state index in [9.17, 15) is 0 Å². The highest BCUT2D eigenvalue weighted by atomic mass is 32.4. The van der Waals surface area contributed by atoms with E-state index in [4.69, 9.17) is 35.4 Å². The van der Waals surface area contributed by atoms with Crippen LogP contribution in [0.25, 0.3) is 0 Å². The van der Waals surface area contributed by atoms with Gasteiger partial charge in [0.1, 0.15) is 0 Å². The first-order valence-corrected chi connectivity index (χ1v) is 26.7. The lowest BCUT2D eigenvalue weighted by atomic mass is 9.99. The molecule has 0 bridgehead atoms. The van der Waals surface area contributed by atoms with E-state index < -0.39 is 18.1 Å². The molecule has 6 aromatic carbocycles. The van der Waals surface area contributed by atoms with E-state index >= 15 is 0 Å².